The number of rotatable bonds is 10. The first kappa shape index (κ1) is 29.2. The Balaban J connectivity index is 2.52. The quantitative estimate of drug-likeness (QED) is 0.517. The summed E-state index contributed by atoms with van der Waals surface area (Å²) in [6, 6.07) is 11.9. The summed E-state index contributed by atoms with van der Waals surface area (Å²) in [5.41, 5.74) is 2.32. The van der Waals surface area contributed by atoms with Crippen molar-refractivity contribution in [1.82, 2.24) is 10.2 Å². The van der Waals surface area contributed by atoms with Crippen LogP contribution in [0.2, 0.25) is 0 Å². The summed E-state index contributed by atoms with van der Waals surface area (Å²) in [5, 5.41) is 2.96. The lowest BCUT2D eigenvalue weighted by molar-refractivity contribution is -0.141. The van der Waals surface area contributed by atoms with Crippen molar-refractivity contribution < 1.29 is 22.7 Å². The Kier molecular flexibility index (Phi) is 9.54. The van der Waals surface area contributed by atoms with Gasteiger partial charge in [-0.25, -0.2) is 8.42 Å². The molecule has 2 amide bonds. The molecule has 0 fully saturated rings. The number of sulfonamides is 1. The largest absolute Gasteiger partial charge is 0.497 e. The molecule has 0 aromatic heterocycles. The number of amides is 2. The highest BCUT2D eigenvalue weighted by molar-refractivity contribution is 7.92. The maximum absolute atomic E-state index is 13.8. The highest BCUT2D eigenvalue weighted by Gasteiger charge is 2.33. The summed E-state index contributed by atoms with van der Waals surface area (Å²) < 4.78 is 32.1. The number of hydrogen-bond donors (Lipinski definition) is 1. The zero-order valence-corrected chi connectivity index (χ0v) is 23.4. The predicted octanol–water partition coefficient (Wildman–Crippen LogP) is 3.80. The van der Waals surface area contributed by atoms with E-state index in [4.69, 9.17) is 4.74 Å². The van der Waals surface area contributed by atoms with Crippen molar-refractivity contribution in [3.05, 3.63) is 59.2 Å². The molecular weight excluding hydrogens is 478 g/mol. The lowest BCUT2D eigenvalue weighted by Gasteiger charge is -2.34. The third-order valence-electron chi connectivity index (χ3n) is 5.68. The number of methoxy groups -OCH3 is 1. The monoisotopic (exact) mass is 517 g/mol. The fourth-order valence-electron chi connectivity index (χ4n) is 3.92. The Labute approximate surface area is 215 Å². The fourth-order valence-corrected chi connectivity index (χ4v) is 4.82. The molecule has 0 aliphatic rings. The molecule has 0 radical (unpaired) electrons. The summed E-state index contributed by atoms with van der Waals surface area (Å²) in [4.78, 5) is 28.5. The predicted molar refractivity (Wildman–Crippen MR) is 144 cm³/mol. The van der Waals surface area contributed by atoms with Crippen LogP contribution in [0.15, 0.2) is 42.5 Å². The highest BCUT2D eigenvalue weighted by atomic mass is 32.2. The molecule has 0 bridgehead atoms. The molecule has 0 unspecified atom stereocenters. The lowest BCUT2D eigenvalue weighted by Crippen LogP contribution is -2.55. The molecule has 0 aliphatic heterocycles. The molecule has 2 rings (SSSR count). The van der Waals surface area contributed by atoms with Crippen LogP contribution in [-0.2, 0) is 26.2 Å². The Morgan fingerprint density at radius 3 is 2.31 bits per heavy atom. The van der Waals surface area contributed by atoms with Crippen molar-refractivity contribution >= 4 is 27.5 Å². The Morgan fingerprint density at radius 2 is 1.75 bits per heavy atom. The van der Waals surface area contributed by atoms with Crippen molar-refractivity contribution in [3.8, 4) is 5.75 Å². The van der Waals surface area contributed by atoms with Crippen LogP contribution >= 0.6 is 0 Å². The topological polar surface area (TPSA) is 96.0 Å². The summed E-state index contributed by atoms with van der Waals surface area (Å²) in [6.45, 7) is 10.8. The number of anilines is 1. The summed E-state index contributed by atoms with van der Waals surface area (Å²) in [7, 11) is -2.23. The van der Waals surface area contributed by atoms with E-state index in [0.717, 1.165) is 27.3 Å². The smallest absolute Gasteiger partial charge is 0.244 e. The van der Waals surface area contributed by atoms with Gasteiger partial charge in [0.2, 0.25) is 21.8 Å². The Morgan fingerprint density at radius 1 is 1.08 bits per heavy atom. The molecule has 198 valence electrons. The van der Waals surface area contributed by atoms with Gasteiger partial charge in [0, 0.05) is 12.1 Å². The van der Waals surface area contributed by atoms with Gasteiger partial charge in [-0.05, 0) is 75.9 Å². The van der Waals surface area contributed by atoms with E-state index in [1.807, 2.05) is 58.9 Å². The molecule has 0 saturated carbocycles. The number of carbonyl (C=O) groups is 2. The van der Waals surface area contributed by atoms with Gasteiger partial charge < -0.3 is 15.0 Å². The molecule has 0 spiro atoms. The van der Waals surface area contributed by atoms with E-state index in [1.54, 1.807) is 32.2 Å². The van der Waals surface area contributed by atoms with Gasteiger partial charge in [-0.15, -0.1) is 0 Å². The van der Waals surface area contributed by atoms with Gasteiger partial charge in [0.05, 0.1) is 19.1 Å². The molecular formula is C27H39N3O5S. The molecule has 2 aromatic rings. The second-order valence-corrected chi connectivity index (χ2v) is 12.0. The molecule has 0 aliphatic carbocycles. The van der Waals surface area contributed by atoms with E-state index in [9.17, 15) is 18.0 Å². The minimum atomic E-state index is -3.79. The van der Waals surface area contributed by atoms with Gasteiger partial charge >= 0.3 is 0 Å². The van der Waals surface area contributed by atoms with Crippen LogP contribution in [0, 0.1) is 13.8 Å². The first-order valence-electron chi connectivity index (χ1n) is 12.0. The minimum Gasteiger partial charge on any atom is -0.497 e. The molecule has 36 heavy (non-hydrogen) atoms. The molecule has 1 N–H and O–H groups in total. The minimum absolute atomic E-state index is 0.122. The van der Waals surface area contributed by atoms with Crippen LogP contribution in [0.3, 0.4) is 0 Å². The Hall–Kier alpha value is -3.07. The van der Waals surface area contributed by atoms with E-state index in [2.05, 4.69) is 5.32 Å². The maximum Gasteiger partial charge on any atom is 0.244 e. The standard InChI is InChI=1S/C27H39N3O5S/c1-9-23(26(32)28-27(4,5)6)29(17-21-11-10-12-22(16-21)35-7)25(31)18-30(36(8,33)34)24-15-19(2)13-14-20(24)3/h10-16,23H,9,17-18H2,1-8H3,(H,28,32)/t23-/m1/s1. The first-order valence-corrected chi connectivity index (χ1v) is 13.8. The summed E-state index contributed by atoms with van der Waals surface area (Å²) in [6.07, 6.45) is 1.44. The molecule has 2 aromatic carbocycles. The van der Waals surface area contributed by atoms with Crippen LogP contribution < -0.4 is 14.4 Å². The second kappa shape index (κ2) is 11.8. The molecule has 8 nitrogen and oxygen atoms in total. The molecule has 0 heterocycles. The number of nitrogens with zero attached hydrogens (tertiary/aromatic N) is 2. The van der Waals surface area contributed by atoms with E-state index in [-0.39, 0.29) is 12.5 Å². The van der Waals surface area contributed by atoms with Crippen molar-refractivity contribution in [2.75, 3.05) is 24.2 Å². The highest BCUT2D eigenvalue weighted by Crippen LogP contribution is 2.25. The van der Waals surface area contributed by atoms with E-state index in [1.165, 1.54) is 4.90 Å². The SMILES string of the molecule is CC[C@H](C(=O)NC(C)(C)C)N(Cc1cccc(OC)c1)C(=O)CN(c1cc(C)ccc1C)S(C)(=O)=O. The van der Waals surface area contributed by atoms with Gasteiger partial charge in [0.1, 0.15) is 18.3 Å². The van der Waals surface area contributed by atoms with Gasteiger partial charge in [-0.2, -0.15) is 0 Å². The zero-order valence-electron chi connectivity index (χ0n) is 22.6. The van der Waals surface area contributed by atoms with Gasteiger partial charge in [-0.3, -0.25) is 13.9 Å². The number of benzene rings is 2. The van der Waals surface area contributed by atoms with Crippen LogP contribution in [0.1, 0.15) is 50.8 Å². The van der Waals surface area contributed by atoms with E-state index >= 15 is 0 Å². The lowest BCUT2D eigenvalue weighted by atomic mass is 10.1. The number of hydrogen-bond acceptors (Lipinski definition) is 5. The first-order chi connectivity index (χ1) is 16.7. The molecule has 9 heteroatoms. The molecule has 1 atom stereocenters. The van der Waals surface area contributed by atoms with Crippen LogP contribution in [-0.4, -0.2) is 56.6 Å². The van der Waals surface area contributed by atoms with Crippen molar-refractivity contribution in [2.45, 2.75) is 66.1 Å². The summed E-state index contributed by atoms with van der Waals surface area (Å²) >= 11 is 0. The number of carbonyl (C=O) groups excluding carboxylic acids is 2. The van der Waals surface area contributed by atoms with Crippen LogP contribution in [0.4, 0.5) is 5.69 Å². The van der Waals surface area contributed by atoms with Gasteiger partial charge in [0.15, 0.2) is 0 Å². The average molecular weight is 518 g/mol. The van der Waals surface area contributed by atoms with Crippen LogP contribution in [0.5, 0.6) is 5.75 Å². The van der Waals surface area contributed by atoms with Crippen molar-refractivity contribution in [3.63, 3.8) is 0 Å². The summed E-state index contributed by atoms with van der Waals surface area (Å²) in [5.74, 6) is -0.140. The third-order valence-corrected chi connectivity index (χ3v) is 6.81. The third kappa shape index (κ3) is 7.98. The van der Waals surface area contributed by atoms with E-state index in [0.29, 0.717) is 17.9 Å². The van der Waals surface area contributed by atoms with Gasteiger partial charge in [-0.1, -0.05) is 31.2 Å². The average Bonchev–Trinajstić information content (AvgIpc) is 2.77. The zero-order chi connectivity index (χ0) is 27.3. The Bertz CT molecular complexity index is 1190. The van der Waals surface area contributed by atoms with E-state index < -0.39 is 34.1 Å². The van der Waals surface area contributed by atoms with Gasteiger partial charge in [0.25, 0.3) is 0 Å². The normalized spacial score (nSPS) is 12.6. The number of nitrogens with one attached hydrogen (secondary N) is 1. The fraction of sp³-hybridized carbons (Fsp3) is 0.481. The molecule has 0 saturated heterocycles. The number of aryl methyl sites for hydroxylation is 2. The number of ether oxygens (including phenoxy) is 1. The van der Waals surface area contributed by atoms with Crippen molar-refractivity contribution in [2.24, 2.45) is 0 Å². The van der Waals surface area contributed by atoms with Crippen molar-refractivity contribution in [1.29, 1.82) is 0 Å². The second-order valence-electron chi connectivity index (χ2n) is 10.1. The maximum atomic E-state index is 13.8. The van der Waals surface area contributed by atoms with Crippen LogP contribution in [0.25, 0.3) is 0 Å².